The zero-order valence-electron chi connectivity index (χ0n) is 18.0. The number of hydrogen-bond donors (Lipinski definition) is 2. The van der Waals surface area contributed by atoms with Crippen molar-refractivity contribution in [1.82, 2.24) is 14.8 Å². The van der Waals surface area contributed by atoms with Crippen molar-refractivity contribution in [3.05, 3.63) is 66.1 Å². The maximum atomic E-state index is 13.3. The SMILES string of the molecule is CC(Oc1cc(-c2nn(C)c3ccnc(N)c23)ccc1NS(=O)(=O)C(F)F)c1ccc(F)cc1. The quantitative estimate of drug-likeness (QED) is 0.395. The minimum absolute atomic E-state index is 0.0279. The maximum Gasteiger partial charge on any atom is 0.355 e. The van der Waals surface area contributed by atoms with Crippen molar-refractivity contribution in [2.45, 2.75) is 18.8 Å². The fourth-order valence-corrected chi connectivity index (χ4v) is 4.04. The normalized spacial score (nSPS) is 12.8. The minimum atomic E-state index is -4.96. The van der Waals surface area contributed by atoms with Crippen LogP contribution in [0, 0.1) is 5.82 Å². The molecule has 0 spiro atoms. The molecule has 0 bridgehead atoms. The highest BCUT2D eigenvalue weighted by Gasteiger charge is 2.26. The molecule has 4 rings (SSSR count). The zero-order chi connectivity index (χ0) is 24.6. The van der Waals surface area contributed by atoms with Crippen molar-refractivity contribution < 1.29 is 26.3 Å². The van der Waals surface area contributed by atoms with Gasteiger partial charge in [-0.1, -0.05) is 18.2 Å². The molecule has 2 aromatic carbocycles. The molecule has 0 saturated heterocycles. The number of hydrogen-bond acceptors (Lipinski definition) is 6. The van der Waals surface area contributed by atoms with Crippen LogP contribution in [0.4, 0.5) is 24.7 Å². The van der Waals surface area contributed by atoms with Crippen LogP contribution >= 0.6 is 0 Å². The Balaban J connectivity index is 1.81. The van der Waals surface area contributed by atoms with Crippen molar-refractivity contribution in [3.8, 4) is 17.0 Å². The predicted molar refractivity (Wildman–Crippen MR) is 122 cm³/mol. The van der Waals surface area contributed by atoms with Gasteiger partial charge in [-0.15, -0.1) is 0 Å². The van der Waals surface area contributed by atoms with Crippen molar-refractivity contribution in [3.63, 3.8) is 0 Å². The summed E-state index contributed by atoms with van der Waals surface area (Å²) in [4.78, 5) is 4.10. The fraction of sp³-hybridized carbons (Fsp3) is 0.182. The standard InChI is InChI=1S/C22H20F3N5O3S/c1-12(13-3-6-15(23)7-4-13)33-18-11-14(5-8-16(18)29-34(31,32)22(24)25)20-19-17(30(2)28-20)9-10-27-21(19)26/h3-12,22,29H,1-2H3,(H2,26,27). The van der Waals surface area contributed by atoms with Gasteiger partial charge in [0.25, 0.3) is 10.0 Å². The summed E-state index contributed by atoms with van der Waals surface area (Å²) in [6, 6.07) is 11.5. The van der Waals surface area contributed by atoms with Gasteiger partial charge in [0.1, 0.15) is 29.2 Å². The van der Waals surface area contributed by atoms with Crippen LogP contribution in [0.1, 0.15) is 18.6 Å². The minimum Gasteiger partial charge on any atom is -0.484 e. The van der Waals surface area contributed by atoms with E-state index < -0.39 is 27.7 Å². The van der Waals surface area contributed by atoms with Gasteiger partial charge < -0.3 is 10.5 Å². The van der Waals surface area contributed by atoms with E-state index in [4.69, 9.17) is 10.5 Å². The second-order valence-electron chi connectivity index (χ2n) is 7.49. The van der Waals surface area contributed by atoms with Gasteiger partial charge in [-0.05, 0) is 42.8 Å². The average molecular weight is 491 g/mol. The van der Waals surface area contributed by atoms with E-state index in [2.05, 4.69) is 10.1 Å². The molecule has 1 atom stereocenters. The number of nitrogens with two attached hydrogens (primary N) is 1. The molecule has 2 aromatic heterocycles. The Hall–Kier alpha value is -3.80. The highest BCUT2D eigenvalue weighted by molar-refractivity contribution is 7.93. The molecule has 0 amide bonds. The van der Waals surface area contributed by atoms with Crippen molar-refractivity contribution >= 4 is 32.4 Å². The lowest BCUT2D eigenvalue weighted by molar-refractivity contribution is 0.228. The number of nitrogen functional groups attached to an aromatic ring is 1. The number of aryl methyl sites for hydroxylation is 1. The molecule has 1 unspecified atom stereocenters. The predicted octanol–water partition coefficient (Wildman–Crippen LogP) is 4.46. The van der Waals surface area contributed by atoms with Gasteiger partial charge in [-0.2, -0.15) is 13.9 Å². The van der Waals surface area contributed by atoms with Crippen LogP contribution in [0.5, 0.6) is 5.75 Å². The van der Waals surface area contributed by atoms with Crippen LogP contribution < -0.4 is 15.2 Å². The van der Waals surface area contributed by atoms with Crippen LogP contribution in [-0.2, 0) is 17.1 Å². The number of halogens is 3. The number of benzene rings is 2. The largest absolute Gasteiger partial charge is 0.484 e. The van der Waals surface area contributed by atoms with Crippen LogP contribution in [-0.4, -0.2) is 28.9 Å². The van der Waals surface area contributed by atoms with E-state index in [1.165, 1.54) is 42.5 Å². The number of ether oxygens (including phenoxy) is 1. The number of sulfonamides is 1. The smallest absolute Gasteiger partial charge is 0.355 e. The summed E-state index contributed by atoms with van der Waals surface area (Å²) in [5, 5.41) is 5.05. The highest BCUT2D eigenvalue weighted by Crippen LogP contribution is 2.37. The number of fused-ring (bicyclic) bond motifs is 1. The van der Waals surface area contributed by atoms with Crippen molar-refractivity contribution in [1.29, 1.82) is 0 Å². The van der Waals surface area contributed by atoms with Gasteiger partial charge in [-0.25, -0.2) is 17.8 Å². The van der Waals surface area contributed by atoms with Gasteiger partial charge in [0.2, 0.25) is 0 Å². The van der Waals surface area contributed by atoms with Crippen LogP contribution in [0.2, 0.25) is 0 Å². The molecule has 3 N–H and O–H groups in total. The van der Waals surface area contributed by atoms with E-state index in [1.807, 2.05) is 4.72 Å². The lowest BCUT2D eigenvalue weighted by atomic mass is 10.1. The number of rotatable bonds is 7. The summed E-state index contributed by atoms with van der Waals surface area (Å²) in [5.41, 5.74) is 8.12. The fourth-order valence-electron chi connectivity index (χ4n) is 3.48. The Kier molecular flexibility index (Phi) is 6.09. The van der Waals surface area contributed by atoms with Gasteiger partial charge in [0, 0.05) is 18.8 Å². The third kappa shape index (κ3) is 4.49. The summed E-state index contributed by atoms with van der Waals surface area (Å²) in [7, 11) is -3.23. The molecule has 0 radical (unpaired) electrons. The first-order chi connectivity index (χ1) is 16.1. The number of nitrogens with zero attached hydrogens (tertiary/aromatic N) is 3. The Morgan fingerprint density at radius 2 is 1.82 bits per heavy atom. The molecule has 0 aliphatic heterocycles. The second-order valence-corrected chi connectivity index (χ2v) is 9.14. The van der Waals surface area contributed by atoms with Crippen LogP contribution in [0.3, 0.4) is 0 Å². The van der Waals surface area contributed by atoms with Crippen LogP contribution in [0.25, 0.3) is 22.2 Å². The second kappa shape index (κ2) is 8.86. The molecule has 0 saturated carbocycles. The highest BCUT2D eigenvalue weighted by atomic mass is 32.2. The molecule has 2 heterocycles. The van der Waals surface area contributed by atoms with Crippen LogP contribution in [0.15, 0.2) is 54.7 Å². The van der Waals surface area contributed by atoms with Crippen molar-refractivity contribution in [2.75, 3.05) is 10.5 Å². The Labute approximate surface area is 193 Å². The van der Waals surface area contributed by atoms with Gasteiger partial charge in [0.15, 0.2) is 0 Å². The number of alkyl halides is 2. The number of anilines is 2. The van der Waals surface area contributed by atoms with E-state index >= 15 is 0 Å². The zero-order valence-corrected chi connectivity index (χ0v) is 18.9. The summed E-state index contributed by atoms with van der Waals surface area (Å²) >= 11 is 0. The summed E-state index contributed by atoms with van der Waals surface area (Å²) in [5.74, 6) is -3.86. The summed E-state index contributed by atoms with van der Waals surface area (Å²) in [6.45, 7) is 1.66. The molecule has 0 aliphatic rings. The van der Waals surface area contributed by atoms with Crippen molar-refractivity contribution in [2.24, 2.45) is 7.05 Å². The molecule has 34 heavy (non-hydrogen) atoms. The summed E-state index contributed by atoms with van der Waals surface area (Å²) in [6.07, 6.45) is 0.877. The topological polar surface area (TPSA) is 112 Å². The van der Waals surface area contributed by atoms with E-state index in [0.29, 0.717) is 27.7 Å². The van der Waals surface area contributed by atoms with Gasteiger partial charge in [0.05, 0.1) is 16.6 Å². The molecule has 4 aromatic rings. The van der Waals surface area contributed by atoms with E-state index in [1.54, 1.807) is 30.9 Å². The Morgan fingerprint density at radius 3 is 2.50 bits per heavy atom. The third-order valence-corrected chi connectivity index (χ3v) is 6.15. The van der Waals surface area contributed by atoms with E-state index in [0.717, 1.165) is 0 Å². The lowest BCUT2D eigenvalue weighted by Crippen LogP contribution is -2.21. The number of nitrogens with one attached hydrogen (secondary N) is 1. The number of aromatic nitrogens is 3. The first-order valence-electron chi connectivity index (χ1n) is 10.0. The summed E-state index contributed by atoms with van der Waals surface area (Å²) < 4.78 is 72.3. The first kappa shape index (κ1) is 23.4. The maximum absolute atomic E-state index is 13.3. The first-order valence-corrected chi connectivity index (χ1v) is 11.5. The molecule has 0 fully saturated rings. The molecular weight excluding hydrogens is 471 g/mol. The van der Waals surface area contributed by atoms with Gasteiger partial charge >= 0.3 is 5.76 Å². The third-order valence-electron chi connectivity index (χ3n) is 5.18. The Morgan fingerprint density at radius 1 is 1.12 bits per heavy atom. The molecular formula is C22H20F3N5O3S. The van der Waals surface area contributed by atoms with E-state index in [9.17, 15) is 21.6 Å². The van der Waals surface area contributed by atoms with Gasteiger partial charge in [-0.3, -0.25) is 9.40 Å². The number of pyridine rings is 1. The van der Waals surface area contributed by atoms with E-state index in [-0.39, 0.29) is 17.3 Å². The molecule has 0 aliphatic carbocycles. The molecule has 8 nitrogen and oxygen atoms in total. The molecule has 178 valence electrons. The monoisotopic (exact) mass is 491 g/mol. The Bertz CT molecular complexity index is 1460. The molecule has 12 heteroatoms. The average Bonchev–Trinajstić information content (AvgIpc) is 3.13. The lowest BCUT2D eigenvalue weighted by Gasteiger charge is -2.19.